The van der Waals surface area contributed by atoms with Crippen LogP contribution in [-0.2, 0) is 14.4 Å². The molecule has 1 saturated carbocycles. The molecule has 0 aromatic rings. The minimum atomic E-state index is -0.491. The SMILES string of the molecule is CCCCC(CC)CNC(=O)CCN1C(=O)C2CCC(C)(C1=O)C2(C)C. The highest BCUT2D eigenvalue weighted by atomic mass is 16.2. The topological polar surface area (TPSA) is 66.5 Å². The lowest BCUT2D eigenvalue weighted by atomic mass is 9.62. The standard InChI is InChI=1S/C21H36N2O3/c1-6-8-9-15(7-2)14-22-17(24)11-13-23-18(25)16-10-12-21(5,19(23)26)20(16,3)4/h15-16H,6-14H2,1-5H3,(H,22,24). The second kappa shape index (κ2) is 8.10. The number of piperidine rings is 1. The lowest BCUT2D eigenvalue weighted by Gasteiger charge is -2.47. The van der Waals surface area contributed by atoms with Gasteiger partial charge >= 0.3 is 0 Å². The van der Waals surface area contributed by atoms with E-state index in [0.29, 0.717) is 12.5 Å². The molecule has 2 aliphatic rings. The number of nitrogens with one attached hydrogen (secondary N) is 1. The fourth-order valence-electron chi connectivity index (χ4n) is 4.62. The predicted molar refractivity (Wildman–Crippen MR) is 102 cm³/mol. The fraction of sp³-hybridized carbons (Fsp3) is 0.857. The maximum absolute atomic E-state index is 12.9. The highest BCUT2D eigenvalue weighted by Crippen LogP contribution is 2.59. The molecule has 2 fully saturated rings. The molecule has 5 nitrogen and oxygen atoms in total. The minimum Gasteiger partial charge on any atom is -0.356 e. The molecule has 5 heteroatoms. The van der Waals surface area contributed by atoms with Crippen LogP contribution >= 0.6 is 0 Å². The molecule has 3 amide bonds. The summed E-state index contributed by atoms with van der Waals surface area (Å²) in [7, 11) is 0. The highest BCUT2D eigenvalue weighted by molar-refractivity contribution is 6.04. The van der Waals surface area contributed by atoms with Crippen molar-refractivity contribution in [3.05, 3.63) is 0 Å². The van der Waals surface area contributed by atoms with Crippen molar-refractivity contribution >= 4 is 17.7 Å². The summed E-state index contributed by atoms with van der Waals surface area (Å²) in [5.74, 6) is 0.156. The number of hydrogen-bond acceptors (Lipinski definition) is 3. The van der Waals surface area contributed by atoms with Crippen molar-refractivity contribution in [3.63, 3.8) is 0 Å². The average Bonchev–Trinajstić information content (AvgIpc) is 2.79. The van der Waals surface area contributed by atoms with E-state index in [0.717, 1.165) is 25.7 Å². The van der Waals surface area contributed by atoms with Crippen molar-refractivity contribution in [1.29, 1.82) is 0 Å². The molecule has 1 N–H and O–H groups in total. The number of fused-ring (bicyclic) bond motifs is 2. The van der Waals surface area contributed by atoms with E-state index in [1.54, 1.807) is 0 Å². The van der Waals surface area contributed by atoms with E-state index in [1.807, 2.05) is 20.8 Å². The third kappa shape index (κ3) is 3.67. The third-order valence-corrected chi connectivity index (χ3v) is 7.20. The summed E-state index contributed by atoms with van der Waals surface area (Å²) in [6.07, 6.45) is 6.26. The Morgan fingerprint density at radius 1 is 1.27 bits per heavy atom. The summed E-state index contributed by atoms with van der Waals surface area (Å²) < 4.78 is 0. The van der Waals surface area contributed by atoms with E-state index >= 15 is 0 Å². The zero-order valence-corrected chi connectivity index (χ0v) is 17.2. The molecular weight excluding hydrogens is 328 g/mol. The van der Waals surface area contributed by atoms with Gasteiger partial charge in [-0.1, -0.05) is 53.9 Å². The van der Waals surface area contributed by atoms with Gasteiger partial charge in [0.25, 0.3) is 0 Å². The van der Waals surface area contributed by atoms with Crippen LogP contribution in [0.3, 0.4) is 0 Å². The smallest absolute Gasteiger partial charge is 0.235 e. The van der Waals surface area contributed by atoms with Gasteiger partial charge in [0.2, 0.25) is 17.7 Å². The van der Waals surface area contributed by atoms with Gasteiger partial charge in [0, 0.05) is 25.4 Å². The van der Waals surface area contributed by atoms with E-state index in [2.05, 4.69) is 19.2 Å². The number of rotatable bonds is 9. The molecule has 1 aliphatic heterocycles. The molecule has 3 unspecified atom stereocenters. The van der Waals surface area contributed by atoms with E-state index in [-0.39, 0.29) is 42.0 Å². The van der Waals surface area contributed by atoms with Crippen LogP contribution in [0.15, 0.2) is 0 Å². The quantitative estimate of drug-likeness (QED) is 0.637. The first-order chi connectivity index (χ1) is 12.2. The number of unbranched alkanes of at least 4 members (excludes halogenated alkanes) is 1. The number of likely N-dealkylation sites (tertiary alicyclic amines) is 1. The fourth-order valence-corrected chi connectivity index (χ4v) is 4.62. The molecule has 3 atom stereocenters. The molecular formula is C21H36N2O3. The lowest BCUT2D eigenvalue weighted by Crippen LogP contribution is -2.59. The summed E-state index contributed by atoms with van der Waals surface area (Å²) in [5, 5.41) is 2.99. The first-order valence-corrected chi connectivity index (χ1v) is 10.3. The van der Waals surface area contributed by atoms with E-state index in [4.69, 9.17) is 0 Å². The second-order valence-electron chi connectivity index (χ2n) is 8.91. The number of imide groups is 1. The minimum absolute atomic E-state index is 0.0668. The molecule has 1 aliphatic carbocycles. The van der Waals surface area contributed by atoms with Crippen molar-refractivity contribution in [2.45, 2.75) is 79.6 Å². The molecule has 0 spiro atoms. The normalized spacial score (nSPS) is 28.3. The Kier molecular flexibility index (Phi) is 6.51. The van der Waals surface area contributed by atoms with Gasteiger partial charge in [0.15, 0.2) is 0 Å². The zero-order valence-electron chi connectivity index (χ0n) is 17.2. The van der Waals surface area contributed by atoms with Crippen LogP contribution in [0, 0.1) is 22.7 Å². The van der Waals surface area contributed by atoms with Crippen LogP contribution < -0.4 is 5.32 Å². The molecule has 1 saturated heterocycles. The summed E-state index contributed by atoms with van der Waals surface area (Å²) in [5.41, 5.74) is -0.789. The van der Waals surface area contributed by atoms with Crippen LogP contribution in [0.4, 0.5) is 0 Å². The average molecular weight is 365 g/mol. The van der Waals surface area contributed by atoms with E-state index in [1.165, 1.54) is 17.7 Å². The Balaban J connectivity index is 1.88. The van der Waals surface area contributed by atoms with E-state index in [9.17, 15) is 14.4 Å². The molecule has 2 bridgehead atoms. The zero-order chi connectivity index (χ0) is 19.5. The van der Waals surface area contributed by atoms with Crippen molar-refractivity contribution in [2.75, 3.05) is 13.1 Å². The molecule has 2 rings (SSSR count). The first kappa shape index (κ1) is 20.9. The first-order valence-electron chi connectivity index (χ1n) is 10.3. The van der Waals surface area contributed by atoms with Gasteiger partial charge in [-0.3, -0.25) is 19.3 Å². The van der Waals surface area contributed by atoms with Gasteiger partial charge in [-0.25, -0.2) is 0 Å². The van der Waals surface area contributed by atoms with Crippen LogP contribution in [-0.4, -0.2) is 35.7 Å². The van der Waals surface area contributed by atoms with Gasteiger partial charge in [0.1, 0.15) is 0 Å². The maximum atomic E-state index is 12.9. The number of amides is 3. The van der Waals surface area contributed by atoms with Crippen LogP contribution in [0.2, 0.25) is 0 Å². The molecule has 0 aromatic carbocycles. The Hall–Kier alpha value is -1.39. The van der Waals surface area contributed by atoms with Gasteiger partial charge in [-0.05, 0) is 30.6 Å². The molecule has 0 aromatic heterocycles. The van der Waals surface area contributed by atoms with Crippen molar-refractivity contribution in [1.82, 2.24) is 10.2 Å². The van der Waals surface area contributed by atoms with Gasteiger partial charge in [0.05, 0.1) is 5.41 Å². The number of carbonyl (C=O) groups excluding carboxylic acids is 3. The summed E-state index contributed by atoms with van der Waals surface area (Å²) >= 11 is 0. The van der Waals surface area contributed by atoms with E-state index < -0.39 is 5.41 Å². The van der Waals surface area contributed by atoms with Crippen molar-refractivity contribution in [2.24, 2.45) is 22.7 Å². The van der Waals surface area contributed by atoms with Gasteiger partial charge in [-0.2, -0.15) is 0 Å². The predicted octanol–water partition coefficient (Wildman–Crippen LogP) is 3.52. The van der Waals surface area contributed by atoms with Gasteiger partial charge < -0.3 is 5.32 Å². The van der Waals surface area contributed by atoms with Crippen LogP contribution in [0.25, 0.3) is 0 Å². The Bertz CT molecular complexity index is 557. The second-order valence-corrected chi connectivity index (χ2v) is 8.91. The van der Waals surface area contributed by atoms with Crippen molar-refractivity contribution in [3.8, 4) is 0 Å². The number of nitrogens with zero attached hydrogens (tertiary/aromatic N) is 1. The molecule has 148 valence electrons. The van der Waals surface area contributed by atoms with Gasteiger partial charge in [-0.15, -0.1) is 0 Å². The Morgan fingerprint density at radius 3 is 2.58 bits per heavy atom. The monoisotopic (exact) mass is 364 g/mol. The van der Waals surface area contributed by atoms with Crippen LogP contribution in [0.1, 0.15) is 79.6 Å². The summed E-state index contributed by atoms with van der Waals surface area (Å²) in [6, 6.07) is 0. The van der Waals surface area contributed by atoms with Crippen molar-refractivity contribution < 1.29 is 14.4 Å². The molecule has 1 heterocycles. The number of hydrogen-bond donors (Lipinski definition) is 1. The summed E-state index contributed by atoms with van der Waals surface area (Å²) in [4.78, 5) is 39.3. The highest BCUT2D eigenvalue weighted by Gasteiger charge is 2.64. The largest absolute Gasteiger partial charge is 0.356 e. The maximum Gasteiger partial charge on any atom is 0.235 e. The number of carbonyl (C=O) groups is 3. The third-order valence-electron chi connectivity index (χ3n) is 7.20. The van der Waals surface area contributed by atoms with Crippen LogP contribution in [0.5, 0.6) is 0 Å². The Morgan fingerprint density at radius 2 is 1.96 bits per heavy atom. The Labute approximate surface area is 158 Å². The lowest BCUT2D eigenvalue weighted by molar-refractivity contribution is -0.167. The summed E-state index contributed by atoms with van der Waals surface area (Å²) in [6.45, 7) is 11.3. The molecule has 26 heavy (non-hydrogen) atoms. The molecule has 0 radical (unpaired) electrons.